The molecule has 3 rings (SSSR count). The van der Waals surface area contributed by atoms with Gasteiger partial charge in [0.2, 0.25) is 5.28 Å². The first-order valence-electron chi connectivity index (χ1n) is 9.76. The third kappa shape index (κ3) is 4.73. The Morgan fingerprint density at radius 1 is 1.31 bits per heavy atom. The zero-order valence-electron chi connectivity index (χ0n) is 18.0. The summed E-state index contributed by atoms with van der Waals surface area (Å²) in [4.78, 5) is 23.6. The number of aromatic nitrogens is 2. The minimum Gasteiger partial charge on any atom is -0.444 e. The second-order valence-corrected chi connectivity index (χ2v) is 9.77. The summed E-state index contributed by atoms with van der Waals surface area (Å²) in [6.45, 7) is 7.47. The van der Waals surface area contributed by atoms with Crippen molar-refractivity contribution in [1.29, 1.82) is 0 Å². The Hall–Kier alpha value is -1.88. The summed E-state index contributed by atoms with van der Waals surface area (Å²) in [5.74, 6) is -1.14. The summed E-state index contributed by atoms with van der Waals surface area (Å²) in [6.07, 6.45) is -4.77. The fourth-order valence-electron chi connectivity index (χ4n) is 3.81. The van der Waals surface area contributed by atoms with E-state index in [4.69, 9.17) is 16.3 Å². The van der Waals surface area contributed by atoms with Crippen molar-refractivity contribution in [2.45, 2.75) is 58.0 Å². The number of hydrogen-bond acceptors (Lipinski definition) is 5. The Bertz CT molecular complexity index is 1060. The van der Waals surface area contributed by atoms with Crippen LogP contribution < -0.4 is 4.90 Å². The molecule has 2 unspecified atom stereocenters. The van der Waals surface area contributed by atoms with Gasteiger partial charge in [-0.05, 0) is 67.7 Å². The first-order chi connectivity index (χ1) is 14.6. The molecule has 0 bridgehead atoms. The van der Waals surface area contributed by atoms with Crippen LogP contribution in [0.25, 0.3) is 10.9 Å². The molecule has 1 aromatic carbocycles. The first kappa shape index (κ1) is 24.8. The predicted octanol–water partition coefficient (Wildman–Crippen LogP) is 6.04. The molecule has 0 saturated carbocycles. The normalized spacial score (nSPS) is 19.5. The number of benzene rings is 1. The Labute approximate surface area is 196 Å². The minimum absolute atomic E-state index is 0.0415. The van der Waals surface area contributed by atoms with Gasteiger partial charge in [0.25, 0.3) is 0 Å². The molecular formula is C20H22BrClF4N4O2. The number of ether oxygens (including phenoxy) is 1. The summed E-state index contributed by atoms with van der Waals surface area (Å²) in [7, 11) is 1.62. The maximum atomic E-state index is 14.8. The van der Waals surface area contributed by atoms with Crippen LogP contribution in [0.5, 0.6) is 0 Å². The van der Waals surface area contributed by atoms with Gasteiger partial charge in [0.05, 0.1) is 22.1 Å². The summed E-state index contributed by atoms with van der Waals surface area (Å²) in [5.41, 5.74) is -2.19. The van der Waals surface area contributed by atoms with Gasteiger partial charge in [0.15, 0.2) is 5.82 Å². The third-order valence-corrected chi connectivity index (χ3v) is 6.25. The van der Waals surface area contributed by atoms with E-state index in [-0.39, 0.29) is 34.1 Å². The maximum Gasteiger partial charge on any atom is 0.417 e. The van der Waals surface area contributed by atoms with Gasteiger partial charge in [-0.3, -0.25) is 0 Å². The first-order valence-corrected chi connectivity index (χ1v) is 10.9. The van der Waals surface area contributed by atoms with Crippen molar-refractivity contribution in [3.63, 3.8) is 0 Å². The number of anilines is 1. The molecule has 6 nitrogen and oxygen atoms in total. The number of alkyl halides is 3. The number of halogens is 6. The minimum atomic E-state index is -4.79. The van der Waals surface area contributed by atoms with Crippen LogP contribution in [0, 0.1) is 5.82 Å². The number of rotatable bonds is 2. The molecule has 12 heteroatoms. The molecule has 0 spiro atoms. The lowest BCUT2D eigenvalue weighted by Crippen LogP contribution is -2.45. The van der Waals surface area contributed by atoms with Crippen LogP contribution in [0.4, 0.5) is 28.2 Å². The molecule has 2 heterocycles. The summed E-state index contributed by atoms with van der Waals surface area (Å²) in [5, 5.41) is -0.438. The van der Waals surface area contributed by atoms with Gasteiger partial charge in [0.1, 0.15) is 16.9 Å². The molecule has 0 radical (unpaired) electrons. The van der Waals surface area contributed by atoms with E-state index < -0.39 is 33.7 Å². The molecule has 2 atom stereocenters. The monoisotopic (exact) mass is 540 g/mol. The number of likely N-dealkylation sites (tertiary alicyclic amines) is 1. The van der Waals surface area contributed by atoms with E-state index in [0.29, 0.717) is 13.0 Å². The zero-order valence-corrected chi connectivity index (χ0v) is 20.4. The quantitative estimate of drug-likeness (QED) is 0.343. The van der Waals surface area contributed by atoms with Gasteiger partial charge in [0, 0.05) is 19.0 Å². The van der Waals surface area contributed by atoms with E-state index in [9.17, 15) is 22.4 Å². The average Bonchev–Trinajstić information content (AvgIpc) is 3.03. The summed E-state index contributed by atoms with van der Waals surface area (Å²) >= 11 is 8.66. The van der Waals surface area contributed by atoms with E-state index in [1.807, 2.05) is 0 Å². The Balaban J connectivity index is 2.04. The lowest BCUT2D eigenvalue weighted by molar-refractivity contribution is -0.138. The zero-order chi connectivity index (χ0) is 24.2. The molecule has 1 aliphatic heterocycles. The molecule has 1 fully saturated rings. The lowest BCUT2D eigenvalue weighted by Gasteiger charge is -2.33. The van der Waals surface area contributed by atoms with Crippen LogP contribution in [0.1, 0.15) is 39.7 Å². The van der Waals surface area contributed by atoms with Crippen LogP contribution in [0.15, 0.2) is 10.5 Å². The highest BCUT2D eigenvalue weighted by Crippen LogP contribution is 2.41. The van der Waals surface area contributed by atoms with Gasteiger partial charge >= 0.3 is 12.3 Å². The fourth-order valence-corrected chi connectivity index (χ4v) is 4.50. The van der Waals surface area contributed by atoms with Crippen LogP contribution in [0.2, 0.25) is 5.28 Å². The van der Waals surface area contributed by atoms with Gasteiger partial charge in [-0.15, -0.1) is 0 Å². The molecule has 176 valence electrons. The van der Waals surface area contributed by atoms with E-state index in [1.165, 1.54) is 0 Å². The Kier molecular flexibility index (Phi) is 6.56. The molecule has 0 N–H and O–H groups in total. The summed E-state index contributed by atoms with van der Waals surface area (Å²) < 4.78 is 59.9. The predicted molar refractivity (Wildman–Crippen MR) is 116 cm³/mol. The molecule has 1 saturated heterocycles. The van der Waals surface area contributed by atoms with Crippen molar-refractivity contribution >= 4 is 50.3 Å². The van der Waals surface area contributed by atoms with Crippen molar-refractivity contribution in [2.75, 3.05) is 18.5 Å². The number of fused-ring (bicyclic) bond motifs is 1. The third-order valence-electron chi connectivity index (χ3n) is 5.30. The van der Waals surface area contributed by atoms with Crippen molar-refractivity contribution in [3.05, 3.63) is 27.2 Å². The Morgan fingerprint density at radius 3 is 2.50 bits per heavy atom. The van der Waals surface area contributed by atoms with Gasteiger partial charge < -0.3 is 14.5 Å². The molecule has 1 amide bonds. The smallest absolute Gasteiger partial charge is 0.417 e. The SMILES string of the molecule is CC1C(N(C)c2nc(Cl)nc3c(F)c(Br)c(C(F)(F)F)cc23)CCN1C(=O)OC(C)(C)C. The molecule has 1 aromatic heterocycles. The number of carbonyl (C=O) groups is 1. The standard InChI is InChI=1S/C20H22BrClF4N4O2/c1-9-12(6-7-30(9)18(31)32-19(2,3)4)29(5)16-10-8-11(20(24,25)26)13(21)14(23)15(10)27-17(22)28-16/h8-9,12H,6-7H2,1-5H3. The number of amides is 1. The van der Waals surface area contributed by atoms with Crippen molar-refractivity contribution in [3.8, 4) is 0 Å². The number of carbonyl (C=O) groups excluding carboxylic acids is 1. The summed E-state index contributed by atoms with van der Waals surface area (Å²) in [6, 6.07) is 0.134. The number of likely N-dealkylation sites (N-methyl/N-ethyl adjacent to an activating group) is 1. The van der Waals surface area contributed by atoms with Gasteiger partial charge in [-0.1, -0.05) is 0 Å². The van der Waals surface area contributed by atoms with Crippen molar-refractivity contribution in [1.82, 2.24) is 14.9 Å². The fraction of sp³-hybridized carbons (Fsp3) is 0.550. The number of hydrogen-bond donors (Lipinski definition) is 0. The molecule has 32 heavy (non-hydrogen) atoms. The van der Waals surface area contributed by atoms with E-state index in [2.05, 4.69) is 25.9 Å². The van der Waals surface area contributed by atoms with Crippen LogP contribution in [-0.2, 0) is 10.9 Å². The second-order valence-electron chi connectivity index (χ2n) is 8.64. The second kappa shape index (κ2) is 8.48. The van der Waals surface area contributed by atoms with Crippen molar-refractivity contribution < 1.29 is 27.1 Å². The van der Waals surface area contributed by atoms with Crippen LogP contribution in [-0.4, -0.2) is 52.2 Å². The highest BCUT2D eigenvalue weighted by Gasteiger charge is 2.40. The van der Waals surface area contributed by atoms with Gasteiger partial charge in [-0.2, -0.15) is 18.2 Å². The van der Waals surface area contributed by atoms with Crippen LogP contribution in [0.3, 0.4) is 0 Å². The average molecular weight is 542 g/mol. The van der Waals surface area contributed by atoms with Crippen LogP contribution >= 0.6 is 27.5 Å². The molecular weight excluding hydrogens is 520 g/mol. The highest BCUT2D eigenvalue weighted by atomic mass is 79.9. The van der Waals surface area contributed by atoms with E-state index >= 15 is 0 Å². The molecule has 1 aliphatic rings. The maximum absolute atomic E-state index is 14.8. The highest BCUT2D eigenvalue weighted by molar-refractivity contribution is 9.10. The lowest BCUT2D eigenvalue weighted by atomic mass is 10.1. The molecule has 0 aliphatic carbocycles. The van der Waals surface area contributed by atoms with E-state index in [0.717, 1.165) is 6.07 Å². The largest absolute Gasteiger partial charge is 0.444 e. The molecule has 2 aromatic rings. The van der Waals surface area contributed by atoms with Gasteiger partial charge in [-0.25, -0.2) is 14.2 Å². The Morgan fingerprint density at radius 2 is 1.94 bits per heavy atom. The van der Waals surface area contributed by atoms with Crippen molar-refractivity contribution in [2.24, 2.45) is 0 Å². The number of nitrogens with zero attached hydrogens (tertiary/aromatic N) is 4. The topological polar surface area (TPSA) is 58.6 Å². The van der Waals surface area contributed by atoms with E-state index in [1.54, 1.807) is 44.5 Å².